The van der Waals surface area contributed by atoms with E-state index < -0.39 is 5.54 Å². The van der Waals surface area contributed by atoms with Crippen molar-refractivity contribution in [1.82, 2.24) is 4.90 Å². The number of ether oxygens (including phenoxy) is 1. The predicted molar refractivity (Wildman–Crippen MR) is 73.4 cm³/mol. The molecule has 0 aromatic rings. The third-order valence-electron chi connectivity index (χ3n) is 4.14. The first-order valence-corrected chi connectivity index (χ1v) is 7.11. The summed E-state index contributed by atoms with van der Waals surface area (Å²) in [5.74, 6) is -0.0874. The van der Waals surface area contributed by atoms with Gasteiger partial charge in [-0.1, -0.05) is 26.7 Å². The monoisotopic (exact) mass is 270 g/mol. The van der Waals surface area contributed by atoms with Crippen molar-refractivity contribution >= 4 is 11.9 Å². The summed E-state index contributed by atoms with van der Waals surface area (Å²) < 4.78 is 4.67. The van der Waals surface area contributed by atoms with Crippen LogP contribution in [0, 0.1) is 5.92 Å². The first-order chi connectivity index (χ1) is 8.96. The third kappa shape index (κ3) is 3.93. The lowest BCUT2D eigenvalue weighted by atomic mass is 9.76. The van der Waals surface area contributed by atoms with E-state index in [9.17, 15) is 9.59 Å². The number of nitrogens with two attached hydrogens (primary N) is 1. The number of hydrogen-bond acceptors (Lipinski definition) is 4. The van der Waals surface area contributed by atoms with Gasteiger partial charge in [0.1, 0.15) is 6.54 Å². The Kier molecular flexibility index (Phi) is 5.79. The molecular formula is C14H26N2O3. The average Bonchev–Trinajstić information content (AvgIpc) is 2.39. The quantitative estimate of drug-likeness (QED) is 0.708. The first kappa shape index (κ1) is 16.0. The van der Waals surface area contributed by atoms with Crippen LogP contribution in [0.2, 0.25) is 0 Å². The molecule has 0 radical (unpaired) electrons. The van der Waals surface area contributed by atoms with Crippen molar-refractivity contribution in [2.45, 2.75) is 51.5 Å². The molecule has 1 aliphatic carbocycles. The minimum absolute atomic E-state index is 0.00475. The van der Waals surface area contributed by atoms with Gasteiger partial charge in [0.25, 0.3) is 0 Å². The summed E-state index contributed by atoms with van der Waals surface area (Å²) in [4.78, 5) is 25.5. The summed E-state index contributed by atoms with van der Waals surface area (Å²) in [6.45, 7) is 4.78. The third-order valence-corrected chi connectivity index (χ3v) is 4.14. The van der Waals surface area contributed by atoms with Crippen LogP contribution in [0.5, 0.6) is 0 Å². The van der Waals surface area contributed by atoms with Gasteiger partial charge in [-0.15, -0.1) is 0 Å². The Morgan fingerprint density at radius 1 is 1.32 bits per heavy atom. The number of hydrogen-bond donors (Lipinski definition) is 1. The van der Waals surface area contributed by atoms with E-state index >= 15 is 0 Å². The maximum Gasteiger partial charge on any atom is 0.325 e. The number of rotatable bonds is 7. The fraction of sp³-hybridized carbons (Fsp3) is 0.857. The predicted octanol–water partition coefficient (Wildman–Crippen LogP) is 1.31. The van der Waals surface area contributed by atoms with Crippen molar-refractivity contribution in [2.75, 3.05) is 20.2 Å². The van der Waals surface area contributed by atoms with Gasteiger partial charge in [0.15, 0.2) is 0 Å². The molecule has 0 bridgehead atoms. The fourth-order valence-electron chi connectivity index (χ4n) is 2.38. The lowest BCUT2D eigenvalue weighted by Gasteiger charge is -2.40. The highest BCUT2D eigenvalue weighted by Crippen LogP contribution is 2.31. The lowest BCUT2D eigenvalue weighted by molar-refractivity contribution is -0.151. The van der Waals surface area contributed by atoms with E-state index in [0.29, 0.717) is 25.3 Å². The van der Waals surface area contributed by atoms with Crippen LogP contribution in [0.4, 0.5) is 0 Å². The van der Waals surface area contributed by atoms with Crippen LogP contribution in [0.15, 0.2) is 0 Å². The van der Waals surface area contributed by atoms with Gasteiger partial charge in [-0.2, -0.15) is 0 Å². The molecule has 0 unspecified atom stereocenters. The van der Waals surface area contributed by atoms with E-state index in [2.05, 4.69) is 18.6 Å². The van der Waals surface area contributed by atoms with E-state index in [-0.39, 0.29) is 18.4 Å². The second-order valence-electron chi connectivity index (χ2n) is 5.45. The largest absolute Gasteiger partial charge is 0.468 e. The SMILES string of the molecule is CCC(CC)CN(CC(=O)OC)C(=O)C1(N)CCC1. The molecule has 1 rings (SSSR count). The number of carbonyl (C=O) groups excluding carboxylic acids is 2. The molecule has 1 aliphatic rings. The molecule has 1 amide bonds. The number of esters is 1. The summed E-state index contributed by atoms with van der Waals surface area (Å²) in [5.41, 5.74) is 5.33. The molecule has 5 nitrogen and oxygen atoms in total. The first-order valence-electron chi connectivity index (χ1n) is 7.11. The number of amides is 1. The van der Waals surface area contributed by atoms with Gasteiger partial charge in [0, 0.05) is 6.54 Å². The van der Waals surface area contributed by atoms with Crippen molar-refractivity contribution in [3.8, 4) is 0 Å². The van der Waals surface area contributed by atoms with E-state index in [1.165, 1.54) is 7.11 Å². The van der Waals surface area contributed by atoms with Crippen LogP contribution in [-0.2, 0) is 14.3 Å². The van der Waals surface area contributed by atoms with Crippen molar-refractivity contribution < 1.29 is 14.3 Å². The maximum absolute atomic E-state index is 12.5. The van der Waals surface area contributed by atoms with Crippen molar-refractivity contribution in [2.24, 2.45) is 11.7 Å². The van der Waals surface area contributed by atoms with Gasteiger partial charge in [-0.05, 0) is 25.2 Å². The highest BCUT2D eigenvalue weighted by Gasteiger charge is 2.43. The number of methoxy groups -OCH3 is 1. The smallest absolute Gasteiger partial charge is 0.325 e. The van der Waals surface area contributed by atoms with E-state index in [0.717, 1.165) is 19.3 Å². The van der Waals surface area contributed by atoms with Crippen molar-refractivity contribution in [3.63, 3.8) is 0 Å². The standard InChI is InChI=1S/C14H26N2O3/c1-4-11(5-2)9-16(10-12(17)19-3)13(18)14(15)7-6-8-14/h11H,4-10,15H2,1-3H3. The van der Waals surface area contributed by atoms with Gasteiger partial charge in [-0.25, -0.2) is 0 Å². The molecule has 1 saturated carbocycles. The zero-order chi connectivity index (χ0) is 14.5. The van der Waals surface area contributed by atoms with Gasteiger partial charge >= 0.3 is 5.97 Å². The molecule has 0 aliphatic heterocycles. The highest BCUT2D eigenvalue weighted by molar-refractivity contribution is 5.89. The van der Waals surface area contributed by atoms with Gasteiger partial charge in [0.05, 0.1) is 12.6 Å². The second-order valence-corrected chi connectivity index (χ2v) is 5.45. The molecule has 1 fully saturated rings. The number of nitrogens with zero attached hydrogens (tertiary/aromatic N) is 1. The second kappa shape index (κ2) is 6.89. The molecule has 0 spiro atoms. The molecule has 19 heavy (non-hydrogen) atoms. The van der Waals surface area contributed by atoms with Crippen LogP contribution in [0.25, 0.3) is 0 Å². The molecular weight excluding hydrogens is 244 g/mol. The fourth-order valence-corrected chi connectivity index (χ4v) is 2.38. The van der Waals surface area contributed by atoms with Crippen LogP contribution in [-0.4, -0.2) is 42.5 Å². The van der Waals surface area contributed by atoms with Gasteiger partial charge in [0.2, 0.25) is 5.91 Å². The summed E-state index contributed by atoms with van der Waals surface area (Å²) in [7, 11) is 1.34. The molecule has 0 saturated heterocycles. The van der Waals surface area contributed by atoms with Crippen LogP contribution in [0.1, 0.15) is 46.0 Å². The Morgan fingerprint density at radius 3 is 2.26 bits per heavy atom. The lowest BCUT2D eigenvalue weighted by Crippen LogP contribution is -2.60. The number of carbonyl (C=O) groups is 2. The Hall–Kier alpha value is -1.10. The summed E-state index contributed by atoms with van der Waals surface area (Å²) >= 11 is 0. The summed E-state index contributed by atoms with van der Waals surface area (Å²) in [6.07, 6.45) is 4.39. The Balaban J connectivity index is 2.73. The van der Waals surface area contributed by atoms with Gasteiger partial charge < -0.3 is 15.4 Å². The Bertz CT molecular complexity index is 323. The minimum atomic E-state index is -0.750. The maximum atomic E-state index is 12.5. The normalized spacial score (nSPS) is 16.9. The zero-order valence-corrected chi connectivity index (χ0v) is 12.3. The highest BCUT2D eigenvalue weighted by atomic mass is 16.5. The average molecular weight is 270 g/mol. The van der Waals surface area contributed by atoms with Gasteiger partial charge in [-0.3, -0.25) is 9.59 Å². The topological polar surface area (TPSA) is 72.6 Å². The van der Waals surface area contributed by atoms with E-state index in [1.807, 2.05) is 0 Å². The van der Waals surface area contributed by atoms with E-state index in [1.54, 1.807) is 4.90 Å². The zero-order valence-electron chi connectivity index (χ0n) is 12.3. The molecule has 0 aromatic heterocycles. The molecule has 0 aromatic carbocycles. The molecule has 0 atom stereocenters. The van der Waals surface area contributed by atoms with Crippen LogP contribution >= 0.6 is 0 Å². The Labute approximate surface area is 115 Å². The van der Waals surface area contributed by atoms with E-state index in [4.69, 9.17) is 5.73 Å². The molecule has 5 heteroatoms. The molecule has 0 heterocycles. The molecule has 110 valence electrons. The van der Waals surface area contributed by atoms with Crippen LogP contribution < -0.4 is 5.73 Å². The van der Waals surface area contributed by atoms with Crippen molar-refractivity contribution in [3.05, 3.63) is 0 Å². The van der Waals surface area contributed by atoms with Crippen molar-refractivity contribution in [1.29, 1.82) is 0 Å². The Morgan fingerprint density at radius 2 is 1.89 bits per heavy atom. The minimum Gasteiger partial charge on any atom is -0.468 e. The van der Waals surface area contributed by atoms with Crippen LogP contribution in [0.3, 0.4) is 0 Å². The summed E-state index contributed by atoms with van der Waals surface area (Å²) in [5, 5.41) is 0. The summed E-state index contributed by atoms with van der Waals surface area (Å²) in [6, 6.07) is 0. The molecule has 2 N–H and O–H groups in total.